The number of aliphatic hydroxyl groups excluding tert-OH is 1. The number of aromatic nitrogens is 2. The minimum Gasteiger partial charge on any atom is -0.487 e. The number of benzene rings is 2. The molecule has 1 aromatic heterocycles. The first-order valence-corrected chi connectivity index (χ1v) is 12.9. The van der Waals surface area contributed by atoms with Crippen LogP contribution in [0.4, 0.5) is 5.69 Å². The third kappa shape index (κ3) is 5.93. The van der Waals surface area contributed by atoms with E-state index in [2.05, 4.69) is 40.2 Å². The number of morpholine rings is 1. The van der Waals surface area contributed by atoms with Gasteiger partial charge < -0.3 is 24.4 Å². The highest BCUT2D eigenvalue weighted by atomic mass is 16.5. The number of hydrogen-bond acceptors (Lipinski definition) is 8. The SMILES string of the molecule is C[C@@H](O)C(=O)N1CCC(Oc2ccc(-c3ccnc(Cc4ccc(N5CCOCC5)cc4)n3)cc2C#N)C1. The van der Waals surface area contributed by atoms with Gasteiger partial charge >= 0.3 is 0 Å². The first kappa shape index (κ1) is 25.6. The highest BCUT2D eigenvalue weighted by Gasteiger charge is 2.30. The van der Waals surface area contributed by atoms with Crippen LogP contribution in [-0.2, 0) is 16.0 Å². The first-order chi connectivity index (χ1) is 18.5. The Morgan fingerprint density at radius 2 is 1.97 bits per heavy atom. The van der Waals surface area contributed by atoms with E-state index in [1.807, 2.05) is 12.1 Å². The standard InChI is InChI=1S/C29H31N5O4/c1-20(35)29(36)34-11-9-25(19-34)38-27-7-4-22(17-23(27)18-30)26-8-10-31-28(32-26)16-21-2-5-24(6-3-21)33-12-14-37-15-13-33/h2-8,10,17,20,25,35H,9,11-16,19H2,1H3/t20-,25?/m1/s1. The molecule has 2 aliphatic rings. The molecule has 3 aromatic rings. The molecule has 5 rings (SSSR count). The summed E-state index contributed by atoms with van der Waals surface area (Å²) in [5.41, 5.74) is 4.26. The Labute approximate surface area is 222 Å². The Kier molecular flexibility index (Phi) is 7.82. The summed E-state index contributed by atoms with van der Waals surface area (Å²) >= 11 is 0. The Morgan fingerprint density at radius 1 is 1.18 bits per heavy atom. The summed E-state index contributed by atoms with van der Waals surface area (Å²) in [7, 11) is 0. The van der Waals surface area contributed by atoms with Crippen LogP contribution in [0.1, 0.15) is 30.3 Å². The van der Waals surface area contributed by atoms with E-state index < -0.39 is 6.10 Å². The van der Waals surface area contributed by atoms with Crippen molar-refractivity contribution in [1.82, 2.24) is 14.9 Å². The van der Waals surface area contributed by atoms with Gasteiger partial charge in [0.05, 0.1) is 31.0 Å². The second-order valence-electron chi connectivity index (χ2n) is 9.61. The number of nitriles is 1. The van der Waals surface area contributed by atoms with E-state index in [4.69, 9.17) is 14.5 Å². The molecule has 3 heterocycles. The highest BCUT2D eigenvalue weighted by Crippen LogP contribution is 2.28. The monoisotopic (exact) mass is 513 g/mol. The molecule has 1 unspecified atom stereocenters. The van der Waals surface area contributed by atoms with Gasteiger partial charge in [-0.2, -0.15) is 5.26 Å². The Hall–Kier alpha value is -4.00. The minimum atomic E-state index is -1.03. The van der Waals surface area contributed by atoms with Gasteiger partial charge in [-0.25, -0.2) is 9.97 Å². The zero-order valence-corrected chi connectivity index (χ0v) is 21.4. The molecule has 2 saturated heterocycles. The van der Waals surface area contributed by atoms with Gasteiger partial charge in [0.25, 0.3) is 5.91 Å². The van der Waals surface area contributed by atoms with Crippen molar-refractivity contribution in [2.75, 3.05) is 44.3 Å². The maximum atomic E-state index is 12.0. The lowest BCUT2D eigenvalue weighted by Gasteiger charge is -2.28. The fraction of sp³-hybridized carbons (Fsp3) is 0.379. The zero-order valence-electron chi connectivity index (χ0n) is 21.4. The molecule has 0 aliphatic carbocycles. The summed E-state index contributed by atoms with van der Waals surface area (Å²) in [5, 5.41) is 19.3. The van der Waals surface area contributed by atoms with Gasteiger partial charge in [-0.1, -0.05) is 12.1 Å². The smallest absolute Gasteiger partial charge is 0.251 e. The van der Waals surface area contributed by atoms with E-state index >= 15 is 0 Å². The first-order valence-electron chi connectivity index (χ1n) is 12.9. The van der Waals surface area contributed by atoms with E-state index in [1.54, 1.807) is 23.2 Å². The fourth-order valence-electron chi connectivity index (χ4n) is 4.82. The summed E-state index contributed by atoms with van der Waals surface area (Å²) < 4.78 is 11.5. The average molecular weight is 514 g/mol. The topological polar surface area (TPSA) is 112 Å². The summed E-state index contributed by atoms with van der Waals surface area (Å²) in [6.45, 7) is 5.69. The van der Waals surface area contributed by atoms with Crippen molar-refractivity contribution in [1.29, 1.82) is 5.26 Å². The van der Waals surface area contributed by atoms with Crippen molar-refractivity contribution in [3.8, 4) is 23.1 Å². The highest BCUT2D eigenvalue weighted by molar-refractivity contribution is 5.80. The van der Waals surface area contributed by atoms with Gasteiger partial charge in [-0.3, -0.25) is 4.79 Å². The van der Waals surface area contributed by atoms with Gasteiger partial charge in [0.1, 0.15) is 29.9 Å². The molecule has 1 amide bonds. The number of ether oxygens (including phenoxy) is 2. The lowest BCUT2D eigenvalue weighted by atomic mass is 10.1. The molecule has 2 atom stereocenters. The summed E-state index contributed by atoms with van der Waals surface area (Å²) in [4.78, 5) is 25.2. The number of carbonyl (C=O) groups excluding carboxylic acids is 1. The van der Waals surface area contributed by atoms with Crippen molar-refractivity contribution in [2.24, 2.45) is 0 Å². The average Bonchev–Trinajstić information content (AvgIpc) is 3.42. The number of amides is 1. The summed E-state index contributed by atoms with van der Waals surface area (Å²) in [5.74, 6) is 0.871. The van der Waals surface area contributed by atoms with Crippen LogP contribution in [0.5, 0.6) is 5.75 Å². The van der Waals surface area contributed by atoms with Crippen LogP contribution in [0.3, 0.4) is 0 Å². The number of carbonyl (C=O) groups is 1. The molecular formula is C29H31N5O4. The Balaban J connectivity index is 1.26. The molecular weight excluding hydrogens is 482 g/mol. The molecule has 0 spiro atoms. The molecule has 9 nitrogen and oxygen atoms in total. The van der Waals surface area contributed by atoms with Crippen LogP contribution in [0.25, 0.3) is 11.3 Å². The molecule has 0 bridgehead atoms. The maximum absolute atomic E-state index is 12.0. The van der Waals surface area contributed by atoms with Crippen LogP contribution in [-0.4, -0.2) is 77.5 Å². The quantitative estimate of drug-likeness (QED) is 0.513. The third-order valence-corrected chi connectivity index (χ3v) is 6.88. The molecule has 0 saturated carbocycles. The largest absolute Gasteiger partial charge is 0.487 e. The summed E-state index contributed by atoms with van der Waals surface area (Å²) in [6.07, 6.45) is 1.73. The van der Waals surface area contributed by atoms with E-state index in [-0.39, 0.29) is 12.0 Å². The van der Waals surface area contributed by atoms with Crippen molar-refractivity contribution in [3.63, 3.8) is 0 Å². The molecule has 9 heteroatoms. The molecule has 0 radical (unpaired) electrons. The maximum Gasteiger partial charge on any atom is 0.251 e. The molecule has 2 aliphatic heterocycles. The van der Waals surface area contributed by atoms with Crippen LogP contribution in [0.15, 0.2) is 54.7 Å². The van der Waals surface area contributed by atoms with E-state index in [0.29, 0.717) is 43.1 Å². The molecule has 2 aromatic carbocycles. The van der Waals surface area contributed by atoms with Gasteiger partial charge in [0, 0.05) is 49.9 Å². The lowest BCUT2D eigenvalue weighted by molar-refractivity contribution is -0.138. The van der Waals surface area contributed by atoms with E-state index in [9.17, 15) is 15.2 Å². The van der Waals surface area contributed by atoms with Crippen molar-refractivity contribution >= 4 is 11.6 Å². The molecule has 2 fully saturated rings. The van der Waals surface area contributed by atoms with Gasteiger partial charge in [-0.05, 0) is 48.9 Å². The lowest BCUT2D eigenvalue weighted by Crippen LogP contribution is -2.37. The predicted molar refractivity (Wildman–Crippen MR) is 142 cm³/mol. The van der Waals surface area contributed by atoms with Gasteiger partial charge in [0.2, 0.25) is 0 Å². The molecule has 196 valence electrons. The van der Waals surface area contributed by atoms with Crippen molar-refractivity contribution in [3.05, 3.63) is 71.7 Å². The second kappa shape index (κ2) is 11.6. The van der Waals surface area contributed by atoms with Crippen LogP contribution < -0.4 is 9.64 Å². The number of likely N-dealkylation sites (tertiary alicyclic amines) is 1. The Morgan fingerprint density at radius 3 is 2.71 bits per heavy atom. The number of aliphatic hydroxyl groups is 1. The Bertz CT molecular complexity index is 1320. The van der Waals surface area contributed by atoms with E-state index in [0.717, 1.165) is 43.1 Å². The van der Waals surface area contributed by atoms with Crippen LogP contribution >= 0.6 is 0 Å². The van der Waals surface area contributed by atoms with Crippen LogP contribution in [0, 0.1) is 11.3 Å². The van der Waals surface area contributed by atoms with Crippen molar-refractivity contribution < 1.29 is 19.4 Å². The second-order valence-corrected chi connectivity index (χ2v) is 9.61. The molecule has 38 heavy (non-hydrogen) atoms. The zero-order chi connectivity index (χ0) is 26.5. The van der Waals surface area contributed by atoms with Crippen LogP contribution in [0.2, 0.25) is 0 Å². The van der Waals surface area contributed by atoms with Gasteiger partial charge in [0.15, 0.2) is 0 Å². The third-order valence-electron chi connectivity index (χ3n) is 6.88. The minimum absolute atomic E-state index is 0.226. The fourth-order valence-corrected chi connectivity index (χ4v) is 4.82. The number of rotatable bonds is 7. The number of nitrogens with zero attached hydrogens (tertiary/aromatic N) is 5. The normalized spacial score (nSPS) is 18.2. The predicted octanol–water partition coefficient (Wildman–Crippen LogP) is 2.80. The number of anilines is 1. The number of hydrogen-bond donors (Lipinski definition) is 1. The van der Waals surface area contributed by atoms with E-state index in [1.165, 1.54) is 12.6 Å². The van der Waals surface area contributed by atoms with Gasteiger partial charge in [-0.15, -0.1) is 0 Å². The summed E-state index contributed by atoms with van der Waals surface area (Å²) in [6, 6.07) is 18.0. The molecule has 1 N–H and O–H groups in total. The van der Waals surface area contributed by atoms with Crippen molar-refractivity contribution in [2.45, 2.75) is 32.0 Å².